The van der Waals surface area contributed by atoms with Gasteiger partial charge in [-0.15, -0.1) is 0 Å². The number of nitrogens with two attached hydrogens (primary N) is 1. The van der Waals surface area contributed by atoms with Crippen LogP contribution in [0, 0.1) is 23.2 Å². The molecule has 4 aliphatic rings. The van der Waals surface area contributed by atoms with Gasteiger partial charge in [-0.3, -0.25) is 14.3 Å². The highest BCUT2D eigenvalue weighted by molar-refractivity contribution is 6.01. The first-order valence-electron chi connectivity index (χ1n) is 8.56. The largest absolute Gasteiger partial charge is 0.364 e. The maximum atomic E-state index is 12.6. The minimum absolute atomic E-state index is 0.0116. The summed E-state index contributed by atoms with van der Waals surface area (Å²) in [5, 5.41) is 6.88. The molecule has 0 spiro atoms. The van der Waals surface area contributed by atoms with E-state index in [0.717, 1.165) is 17.8 Å². The molecule has 1 heterocycles. The lowest BCUT2D eigenvalue weighted by molar-refractivity contribution is -0.124. The Labute approximate surface area is 135 Å². The van der Waals surface area contributed by atoms with Crippen LogP contribution in [0.5, 0.6) is 0 Å². The molecule has 5 rings (SSSR count). The molecule has 23 heavy (non-hydrogen) atoms. The lowest BCUT2D eigenvalue weighted by atomic mass is 9.49. The lowest BCUT2D eigenvalue weighted by Gasteiger charge is -2.56. The lowest BCUT2D eigenvalue weighted by Crippen LogP contribution is -2.47. The molecule has 4 aliphatic carbocycles. The Bertz CT molecular complexity index is 628. The number of carbonyl (C=O) groups excluding carboxylic acids is 2. The minimum Gasteiger partial charge on any atom is -0.364 e. The van der Waals surface area contributed by atoms with E-state index < -0.39 is 5.91 Å². The average Bonchev–Trinajstić information content (AvgIpc) is 2.77. The second kappa shape index (κ2) is 5.08. The number of aromatic nitrogens is 2. The number of hydrogen-bond donors (Lipinski definition) is 2. The first-order chi connectivity index (χ1) is 10.9. The van der Waals surface area contributed by atoms with Crippen LogP contribution in [0.25, 0.3) is 0 Å². The summed E-state index contributed by atoms with van der Waals surface area (Å²) in [5.74, 6) is 1.90. The van der Waals surface area contributed by atoms with Crippen LogP contribution in [0.1, 0.15) is 55.4 Å². The van der Waals surface area contributed by atoms with Gasteiger partial charge in [-0.2, -0.15) is 5.10 Å². The van der Waals surface area contributed by atoms with Crippen LogP contribution in [0.4, 0.5) is 5.69 Å². The number of nitrogens with zero attached hydrogens (tertiary/aromatic N) is 2. The fraction of sp³-hybridized carbons (Fsp3) is 0.706. The van der Waals surface area contributed by atoms with Crippen molar-refractivity contribution >= 4 is 17.5 Å². The molecule has 0 atom stereocenters. The zero-order valence-corrected chi connectivity index (χ0v) is 13.5. The van der Waals surface area contributed by atoms with Crippen molar-refractivity contribution in [2.45, 2.75) is 44.9 Å². The molecule has 0 radical (unpaired) electrons. The molecule has 0 aromatic carbocycles. The molecule has 2 amide bonds. The van der Waals surface area contributed by atoms with Crippen LogP contribution in [-0.2, 0) is 11.8 Å². The Hall–Kier alpha value is -1.85. The number of hydrogen-bond acceptors (Lipinski definition) is 3. The van der Waals surface area contributed by atoms with Gasteiger partial charge in [0, 0.05) is 13.5 Å². The summed E-state index contributed by atoms with van der Waals surface area (Å²) in [6, 6.07) is 0. The monoisotopic (exact) mass is 316 g/mol. The predicted molar refractivity (Wildman–Crippen MR) is 85.6 cm³/mol. The van der Waals surface area contributed by atoms with Gasteiger partial charge in [0.2, 0.25) is 5.91 Å². The minimum atomic E-state index is -0.574. The number of rotatable bonds is 4. The van der Waals surface area contributed by atoms with E-state index in [1.807, 2.05) is 0 Å². The maximum Gasteiger partial charge on any atom is 0.269 e. The summed E-state index contributed by atoms with van der Waals surface area (Å²) in [6.07, 6.45) is 9.76. The van der Waals surface area contributed by atoms with Gasteiger partial charge in [-0.25, -0.2) is 0 Å². The molecule has 1 aromatic heterocycles. The quantitative estimate of drug-likeness (QED) is 0.891. The number of aryl methyl sites for hydroxylation is 1. The molecule has 0 unspecified atom stereocenters. The zero-order valence-electron chi connectivity index (χ0n) is 13.5. The van der Waals surface area contributed by atoms with Gasteiger partial charge in [-0.05, 0) is 61.7 Å². The van der Waals surface area contributed by atoms with Gasteiger partial charge in [0.15, 0.2) is 0 Å². The Morgan fingerprint density at radius 3 is 2.35 bits per heavy atom. The molecule has 4 fully saturated rings. The fourth-order valence-electron chi connectivity index (χ4n) is 5.86. The van der Waals surface area contributed by atoms with Gasteiger partial charge >= 0.3 is 0 Å². The molecular weight excluding hydrogens is 292 g/mol. The Balaban J connectivity index is 1.48. The number of primary amides is 1. The first-order valence-corrected chi connectivity index (χ1v) is 8.56. The summed E-state index contributed by atoms with van der Waals surface area (Å²) in [4.78, 5) is 24.1. The van der Waals surface area contributed by atoms with Crippen LogP contribution in [0.15, 0.2) is 6.20 Å². The van der Waals surface area contributed by atoms with Crippen LogP contribution < -0.4 is 11.1 Å². The molecule has 6 heteroatoms. The number of nitrogens with one attached hydrogen (secondary N) is 1. The molecule has 1 aromatic rings. The summed E-state index contributed by atoms with van der Waals surface area (Å²) in [7, 11) is 1.65. The standard InChI is InChI=1S/C17H24N4O2/c1-21-15(16(18)23)13(9-19-21)20-14(22)8-17-5-10-2-11(6-17)4-12(3-10)7-17/h9-12H,2-8H2,1H3,(H2,18,23)(H,20,22). The van der Waals surface area contributed by atoms with Crippen molar-refractivity contribution in [3.63, 3.8) is 0 Å². The molecule has 0 saturated heterocycles. The van der Waals surface area contributed by atoms with Gasteiger partial charge in [-0.1, -0.05) is 0 Å². The van der Waals surface area contributed by atoms with E-state index in [1.54, 1.807) is 7.05 Å². The average molecular weight is 316 g/mol. The third kappa shape index (κ3) is 2.54. The Morgan fingerprint density at radius 2 is 1.83 bits per heavy atom. The Kier molecular flexibility index (Phi) is 3.25. The molecule has 6 nitrogen and oxygen atoms in total. The highest BCUT2D eigenvalue weighted by atomic mass is 16.2. The van der Waals surface area contributed by atoms with Crippen molar-refractivity contribution in [2.75, 3.05) is 5.32 Å². The molecule has 4 saturated carbocycles. The van der Waals surface area contributed by atoms with E-state index in [9.17, 15) is 9.59 Å². The van der Waals surface area contributed by atoms with Gasteiger partial charge in [0.1, 0.15) is 5.69 Å². The van der Waals surface area contributed by atoms with Crippen molar-refractivity contribution in [2.24, 2.45) is 36.0 Å². The van der Waals surface area contributed by atoms with Crippen molar-refractivity contribution in [1.29, 1.82) is 0 Å². The van der Waals surface area contributed by atoms with E-state index in [-0.39, 0.29) is 17.0 Å². The Morgan fingerprint density at radius 1 is 1.26 bits per heavy atom. The summed E-state index contributed by atoms with van der Waals surface area (Å²) >= 11 is 0. The maximum absolute atomic E-state index is 12.6. The van der Waals surface area contributed by atoms with Crippen molar-refractivity contribution in [3.05, 3.63) is 11.9 Å². The molecular formula is C17H24N4O2. The van der Waals surface area contributed by atoms with Crippen LogP contribution in [0.2, 0.25) is 0 Å². The van der Waals surface area contributed by atoms with Gasteiger partial charge < -0.3 is 11.1 Å². The molecule has 0 aliphatic heterocycles. The van der Waals surface area contributed by atoms with Crippen molar-refractivity contribution in [3.8, 4) is 0 Å². The third-order valence-electron chi connectivity index (χ3n) is 6.15. The highest BCUT2D eigenvalue weighted by Crippen LogP contribution is 2.61. The van der Waals surface area contributed by atoms with Gasteiger partial charge in [0.25, 0.3) is 5.91 Å². The van der Waals surface area contributed by atoms with Crippen molar-refractivity contribution in [1.82, 2.24) is 9.78 Å². The molecule has 3 N–H and O–H groups in total. The summed E-state index contributed by atoms with van der Waals surface area (Å²) < 4.78 is 1.41. The smallest absolute Gasteiger partial charge is 0.269 e. The first kappa shape index (κ1) is 14.7. The van der Waals surface area contributed by atoms with Gasteiger partial charge in [0.05, 0.1) is 11.9 Å². The topological polar surface area (TPSA) is 90.0 Å². The third-order valence-corrected chi connectivity index (χ3v) is 6.15. The second-order valence-electron chi connectivity index (χ2n) is 8.04. The van der Waals surface area contributed by atoms with Crippen LogP contribution in [0.3, 0.4) is 0 Å². The fourth-order valence-corrected chi connectivity index (χ4v) is 5.86. The van der Waals surface area contributed by atoms with Crippen molar-refractivity contribution < 1.29 is 9.59 Å². The second-order valence-corrected chi connectivity index (χ2v) is 8.04. The number of carbonyl (C=O) groups is 2. The molecule has 4 bridgehead atoms. The number of amides is 2. The number of anilines is 1. The van der Waals surface area contributed by atoms with E-state index in [0.29, 0.717) is 12.1 Å². The normalized spacial score (nSPS) is 34.6. The van der Waals surface area contributed by atoms with E-state index >= 15 is 0 Å². The predicted octanol–water partition coefficient (Wildman–Crippen LogP) is 2.06. The highest BCUT2D eigenvalue weighted by Gasteiger charge is 2.51. The summed E-state index contributed by atoms with van der Waals surface area (Å²) in [6.45, 7) is 0. The van der Waals surface area contributed by atoms with E-state index in [2.05, 4.69) is 10.4 Å². The van der Waals surface area contributed by atoms with E-state index in [1.165, 1.54) is 49.4 Å². The zero-order chi connectivity index (χ0) is 16.2. The van der Waals surface area contributed by atoms with Crippen LogP contribution >= 0.6 is 0 Å². The van der Waals surface area contributed by atoms with Crippen LogP contribution in [-0.4, -0.2) is 21.6 Å². The summed E-state index contributed by atoms with van der Waals surface area (Å²) in [5.41, 5.74) is 6.24. The molecule has 124 valence electrons. The SMILES string of the molecule is Cn1ncc(NC(=O)CC23CC4CC(CC(C4)C2)C3)c1C(N)=O. The van der Waals surface area contributed by atoms with E-state index in [4.69, 9.17) is 5.73 Å².